The van der Waals surface area contributed by atoms with E-state index in [4.69, 9.17) is 21.3 Å². The van der Waals surface area contributed by atoms with E-state index in [1.54, 1.807) is 30.3 Å². The third kappa shape index (κ3) is 7.13. The standard InChI is InChI=1S/C12H16N4O6S/c13-11(14)16-23(20,21)7-9(10(17)18)15-12(19)22-6-8-4-2-1-3-5-8/h1-5,9H,6-7H2,(H,15,19)(H,17,18)(H4,13,14,16)/t9-/m0/s1. The SMILES string of the molecule is NC(N)=NS(=O)(=O)C[C@H](NC(=O)OCc1ccccc1)C(=O)O. The van der Waals surface area contributed by atoms with Crippen molar-refractivity contribution in [3.8, 4) is 0 Å². The number of amides is 1. The molecule has 23 heavy (non-hydrogen) atoms. The van der Waals surface area contributed by atoms with E-state index >= 15 is 0 Å². The number of nitrogens with zero attached hydrogens (tertiary/aromatic N) is 1. The molecule has 0 aliphatic heterocycles. The Morgan fingerprint density at radius 1 is 1.26 bits per heavy atom. The molecule has 0 aliphatic rings. The zero-order chi connectivity index (χ0) is 17.5. The van der Waals surface area contributed by atoms with Crippen LogP contribution < -0.4 is 16.8 Å². The van der Waals surface area contributed by atoms with Crippen LogP contribution in [0.5, 0.6) is 0 Å². The number of carbonyl (C=O) groups is 2. The molecule has 1 aromatic rings. The summed E-state index contributed by atoms with van der Waals surface area (Å²) in [5.41, 5.74) is 10.5. The van der Waals surface area contributed by atoms with E-state index in [1.165, 1.54) is 0 Å². The molecule has 1 atom stereocenters. The summed E-state index contributed by atoms with van der Waals surface area (Å²) in [6.07, 6.45) is -1.08. The molecule has 0 bridgehead atoms. The molecule has 0 unspecified atom stereocenters. The first kappa shape index (κ1) is 18.2. The van der Waals surface area contributed by atoms with Crippen LogP contribution in [0, 0.1) is 0 Å². The van der Waals surface area contributed by atoms with E-state index in [-0.39, 0.29) is 6.61 Å². The van der Waals surface area contributed by atoms with Gasteiger partial charge in [-0.05, 0) is 5.56 Å². The van der Waals surface area contributed by atoms with Gasteiger partial charge in [-0.1, -0.05) is 30.3 Å². The van der Waals surface area contributed by atoms with Gasteiger partial charge in [0, 0.05) is 0 Å². The number of alkyl carbamates (subject to hydrolysis) is 1. The topological polar surface area (TPSA) is 174 Å². The maximum absolute atomic E-state index is 11.6. The molecule has 11 heteroatoms. The Morgan fingerprint density at radius 2 is 1.87 bits per heavy atom. The summed E-state index contributed by atoms with van der Waals surface area (Å²) >= 11 is 0. The number of guanidine groups is 1. The number of hydrogen-bond donors (Lipinski definition) is 4. The minimum Gasteiger partial charge on any atom is -0.480 e. The van der Waals surface area contributed by atoms with Crippen LogP contribution >= 0.6 is 0 Å². The number of sulfonamides is 1. The van der Waals surface area contributed by atoms with Crippen LogP contribution in [-0.2, 0) is 26.2 Å². The van der Waals surface area contributed by atoms with Gasteiger partial charge in [0.25, 0.3) is 10.0 Å². The molecule has 10 nitrogen and oxygen atoms in total. The van der Waals surface area contributed by atoms with Crippen molar-refractivity contribution >= 4 is 28.0 Å². The van der Waals surface area contributed by atoms with Gasteiger partial charge in [-0.25, -0.2) is 18.0 Å². The van der Waals surface area contributed by atoms with Gasteiger partial charge in [-0.2, -0.15) is 0 Å². The highest BCUT2D eigenvalue weighted by atomic mass is 32.2. The molecule has 0 saturated carbocycles. The molecule has 0 saturated heterocycles. The molecule has 0 aliphatic carbocycles. The monoisotopic (exact) mass is 344 g/mol. The number of ether oxygens (including phenoxy) is 1. The third-order valence-corrected chi connectivity index (χ3v) is 3.67. The predicted octanol–water partition coefficient (Wildman–Crippen LogP) is -1.03. The summed E-state index contributed by atoms with van der Waals surface area (Å²) in [6, 6.07) is 6.89. The number of hydrogen-bond acceptors (Lipinski definition) is 5. The van der Waals surface area contributed by atoms with E-state index in [9.17, 15) is 18.0 Å². The highest BCUT2D eigenvalue weighted by molar-refractivity contribution is 7.90. The molecule has 1 amide bonds. The number of aliphatic carboxylic acids is 1. The van der Waals surface area contributed by atoms with Crippen LogP contribution in [0.25, 0.3) is 0 Å². The Labute approximate surface area is 132 Å². The predicted molar refractivity (Wildman–Crippen MR) is 80.8 cm³/mol. The number of rotatable bonds is 7. The first-order valence-corrected chi connectivity index (χ1v) is 7.84. The third-order valence-electron chi connectivity index (χ3n) is 2.42. The quantitative estimate of drug-likeness (QED) is 0.358. The summed E-state index contributed by atoms with van der Waals surface area (Å²) in [6.45, 7) is -0.0976. The Bertz CT molecular complexity index is 685. The van der Waals surface area contributed by atoms with Crippen LogP contribution in [0.3, 0.4) is 0 Å². The first-order chi connectivity index (χ1) is 10.7. The molecule has 0 fully saturated rings. The minimum absolute atomic E-state index is 0.0976. The first-order valence-electron chi connectivity index (χ1n) is 6.23. The summed E-state index contributed by atoms with van der Waals surface area (Å²) in [5.74, 6) is -3.32. The number of nitrogens with two attached hydrogens (primary N) is 2. The number of carbonyl (C=O) groups excluding carboxylic acids is 1. The van der Waals surface area contributed by atoms with Crippen molar-refractivity contribution in [3.05, 3.63) is 35.9 Å². The van der Waals surface area contributed by atoms with Crippen molar-refractivity contribution in [2.45, 2.75) is 12.6 Å². The van der Waals surface area contributed by atoms with Gasteiger partial charge in [0.05, 0.1) is 0 Å². The van der Waals surface area contributed by atoms with E-state index in [2.05, 4.69) is 4.40 Å². The number of carboxylic acid groups (broad SMARTS) is 1. The molecular formula is C12H16N4O6S. The second-order valence-electron chi connectivity index (χ2n) is 4.36. The minimum atomic E-state index is -4.25. The zero-order valence-corrected chi connectivity index (χ0v) is 12.7. The Morgan fingerprint density at radius 3 is 2.39 bits per heavy atom. The summed E-state index contributed by atoms with van der Waals surface area (Å²) < 4.78 is 30.8. The lowest BCUT2D eigenvalue weighted by atomic mass is 10.2. The second kappa shape index (κ2) is 7.98. The molecule has 0 heterocycles. The Balaban J connectivity index is 2.64. The van der Waals surface area contributed by atoms with Crippen molar-refractivity contribution in [3.63, 3.8) is 0 Å². The average molecular weight is 344 g/mol. The lowest BCUT2D eigenvalue weighted by Crippen LogP contribution is -2.45. The number of carboxylic acids is 1. The van der Waals surface area contributed by atoms with Gasteiger partial charge < -0.3 is 26.6 Å². The van der Waals surface area contributed by atoms with E-state index < -0.39 is 39.8 Å². The fraction of sp³-hybridized carbons (Fsp3) is 0.250. The highest BCUT2D eigenvalue weighted by Crippen LogP contribution is 2.02. The van der Waals surface area contributed by atoms with E-state index in [0.29, 0.717) is 5.56 Å². The van der Waals surface area contributed by atoms with E-state index in [1.807, 2.05) is 5.32 Å². The van der Waals surface area contributed by atoms with Crippen molar-refractivity contribution in [1.29, 1.82) is 0 Å². The smallest absolute Gasteiger partial charge is 0.408 e. The zero-order valence-electron chi connectivity index (χ0n) is 11.9. The molecule has 126 valence electrons. The maximum atomic E-state index is 11.6. The van der Waals surface area contributed by atoms with Gasteiger partial charge in [0.1, 0.15) is 18.4 Å². The molecule has 6 N–H and O–H groups in total. The number of nitrogens with one attached hydrogen (secondary N) is 1. The fourth-order valence-electron chi connectivity index (χ4n) is 1.49. The van der Waals surface area contributed by atoms with Gasteiger partial charge in [-0.15, -0.1) is 4.40 Å². The van der Waals surface area contributed by atoms with Crippen LogP contribution in [0.2, 0.25) is 0 Å². The van der Waals surface area contributed by atoms with Crippen LogP contribution in [0.15, 0.2) is 34.7 Å². The van der Waals surface area contributed by atoms with Crippen molar-refractivity contribution in [2.24, 2.45) is 15.9 Å². The molecule has 1 aromatic carbocycles. The largest absolute Gasteiger partial charge is 0.480 e. The molecule has 0 aromatic heterocycles. The Kier molecular flexibility index (Phi) is 6.33. The summed E-state index contributed by atoms with van der Waals surface area (Å²) in [4.78, 5) is 22.6. The van der Waals surface area contributed by atoms with Crippen LogP contribution in [0.4, 0.5) is 4.79 Å². The highest BCUT2D eigenvalue weighted by Gasteiger charge is 2.27. The van der Waals surface area contributed by atoms with Crippen LogP contribution in [-0.4, -0.2) is 43.3 Å². The normalized spacial score (nSPS) is 12.0. The van der Waals surface area contributed by atoms with Gasteiger partial charge in [0.15, 0.2) is 0 Å². The number of benzene rings is 1. The lowest BCUT2D eigenvalue weighted by molar-refractivity contribution is -0.138. The van der Waals surface area contributed by atoms with Gasteiger partial charge in [-0.3, -0.25) is 0 Å². The average Bonchev–Trinajstić information content (AvgIpc) is 2.43. The van der Waals surface area contributed by atoms with Crippen molar-refractivity contribution < 1.29 is 27.9 Å². The van der Waals surface area contributed by atoms with Crippen molar-refractivity contribution in [2.75, 3.05) is 5.75 Å². The summed E-state index contributed by atoms with van der Waals surface area (Å²) in [5, 5.41) is 10.9. The van der Waals surface area contributed by atoms with Crippen LogP contribution in [0.1, 0.15) is 5.56 Å². The second-order valence-corrected chi connectivity index (χ2v) is 6.04. The maximum Gasteiger partial charge on any atom is 0.408 e. The molecule has 0 radical (unpaired) electrons. The molecular weight excluding hydrogens is 328 g/mol. The molecule has 0 spiro atoms. The Hall–Kier alpha value is -2.82. The van der Waals surface area contributed by atoms with E-state index in [0.717, 1.165) is 0 Å². The fourth-order valence-corrected chi connectivity index (χ4v) is 2.53. The van der Waals surface area contributed by atoms with Gasteiger partial charge in [0.2, 0.25) is 5.96 Å². The van der Waals surface area contributed by atoms with Crippen molar-refractivity contribution in [1.82, 2.24) is 5.32 Å². The molecule has 1 rings (SSSR count). The van der Waals surface area contributed by atoms with Gasteiger partial charge >= 0.3 is 12.1 Å². The lowest BCUT2D eigenvalue weighted by Gasteiger charge is -2.13. The summed E-state index contributed by atoms with van der Waals surface area (Å²) in [7, 11) is -4.25.